The topological polar surface area (TPSA) is 77.9 Å². The largest absolute Gasteiger partial charge is 0.352 e. The number of carbonyl (C=O) groups excluding carboxylic acids is 1. The van der Waals surface area contributed by atoms with Crippen molar-refractivity contribution < 1.29 is 4.79 Å². The van der Waals surface area contributed by atoms with Gasteiger partial charge in [-0.2, -0.15) is 0 Å². The van der Waals surface area contributed by atoms with Gasteiger partial charge in [0, 0.05) is 26.6 Å². The van der Waals surface area contributed by atoms with Crippen molar-refractivity contribution in [3.05, 3.63) is 42.8 Å². The van der Waals surface area contributed by atoms with Gasteiger partial charge in [-0.05, 0) is 52.7 Å². The molecule has 7 heteroatoms. The molecule has 1 aromatic carbocycles. The molecule has 5 nitrogen and oxygen atoms in total. The highest BCUT2D eigenvalue weighted by Gasteiger charge is 2.09. The zero-order chi connectivity index (χ0) is 12.7. The first kappa shape index (κ1) is 14.1. The van der Waals surface area contributed by atoms with Gasteiger partial charge in [0.2, 0.25) is 0 Å². The molecule has 1 aromatic rings. The van der Waals surface area contributed by atoms with Crippen LogP contribution in [-0.2, 0) is 0 Å². The number of nitrogens with one attached hydrogen (secondary N) is 1. The highest BCUT2D eigenvalue weighted by Crippen LogP contribution is 2.17. The van der Waals surface area contributed by atoms with Gasteiger partial charge in [-0.1, -0.05) is 16.7 Å². The Balaban J connectivity index is 2.52. The number of carbonyl (C=O) groups is 1. The summed E-state index contributed by atoms with van der Waals surface area (Å²) in [4.78, 5) is 14.4. The van der Waals surface area contributed by atoms with Gasteiger partial charge >= 0.3 is 0 Å². The standard InChI is InChI=1S/C10H10ClIN4O/c11-7-2-3-9(12)8(6-7)10(17)14-4-1-5-15-16-13/h2-3,6H,1,4-5H2,(H,14,17). The molecular weight excluding hydrogens is 354 g/mol. The Hall–Kier alpha value is -0.980. The number of amides is 1. The third kappa shape index (κ3) is 4.80. The highest BCUT2D eigenvalue weighted by molar-refractivity contribution is 14.1. The van der Waals surface area contributed by atoms with E-state index in [-0.39, 0.29) is 5.91 Å². The minimum Gasteiger partial charge on any atom is -0.352 e. The molecule has 0 heterocycles. The fraction of sp³-hybridized carbons (Fsp3) is 0.300. The first-order chi connectivity index (χ1) is 8.15. The summed E-state index contributed by atoms with van der Waals surface area (Å²) >= 11 is 7.91. The van der Waals surface area contributed by atoms with Crippen molar-refractivity contribution in [2.45, 2.75) is 6.42 Å². The van der Waals surface area contributed by atoms with Gasteiger partial charge in [0.1, 0.15) is 0 Å². The molecule has 0 aromatic heterocycles. The fourth-order valence-corrected chi connectivity index (χ4v) is 1.92. The Bertz CT molecular complexity index is 460. The van der Waals surface area contributed by atoms with Crippen molar-refractivity contribution in [3.63, 3.8) is 0 Å². The van der Waals surface area contributed by atoms with Crippen LogP contribution in [0.5, 0.6) is 0 Å². The molecular formula is C10H10ClIN4O. The van der Waals surface area contributed by atoms with E-state index in [1.165, 1.54) is 0 Å². The molecule has 0 atom stereocenters. The predicted molar refractivity (Wildman–Crippen MR) is 75.1 cm³/mol. The summed E-state index contributed by atoms with van der Waals surface area (Å²) in [5.41, 5.74) is 8.63. The maximum absolute atomic E-state index is 11.8. The Morgan fingerprint density at radius 2 is 2.35 bits per heavy atom. The Kier molecular flexibility index (Phi) is 6.10. The van der Waals surface area contributed by atoms with Gasteiger partial charge in [0.15, 0.2) is 0 Å². The number of hydrogen-bond acceptors (Lipinski definition) is 2. The minimum atomic E-state index is -0.169. The van der Waals surface area contributed by atoms with E-state index in [9.17, 15) is 4.79 Å². The van der Waals surface area contributed by atoms with Gasteiger partial charge in [-0.15, -0.1) is 0 Å². The molecule has 0 saturated carbocycles. The first-order valence-electron chi connectivity index (χ1n) is 4.89. The molecule has 90 valence electrons. The summed E-state index contributed by atoms with van der Waals surface area (Å²) in [6, 6.07) is 5.16. The van der Waals surface area contributed by atoms with Gasteiger partial charge in [-0.25, -0.2) is 0 Å². The summed E-state index contributed by atoms with van der Waals surface area (Å²) < 4.78 is 0.847. The van der Waals surface area contributed by atoms with Crippen LogP contribution in [0.2, 0.25) is 5.02 Å². The monoisotopic (exact) mass is 364 g/mol. The molecule has 0 fully saturated rings. The molecule has 0 unspecified atom stereocenters. The third-order valence-electron chi connectivity index (χ3n) is 1.96. The minimum absolute atomic E-state index is 0.169. The summed E-state index contributed by atoms with van der Waals surface area (Å²) in [5, 5.41) is 6.65. The van der Waals surface area contributed by atoms with Crippen LogP contribution in [0.15, 0.2) is 23.3 Å². The zero-order valence-electron chi connectivity index (χ0n) is 8.86. The Labute approximate surface area is 117 Å². The van der Waals surface area contributed by atoms with E-state index in [0.717, 1.165) is 3.57 Å². The molecule has 1 rings (SSSR count). The number of hydrogen-bond donors (Lipinski definition) is 1. The maximum Gasteiger partial charge on any atom is 0.252 e. The number of benzene rings is 1. The van der Waals surface area contributed by atoms with E-state index >= 15 is 0 Å². The summed E-state index contributed by atoms with van der Waals surface area (Å²) in [6.07, 6.45) is 0.618. The lowest BCUT2D eigenvalue weighted by molar-refractivity contribution is 0.0952. The van der Waals surface area contributed by atoms with Crippen molar-refractivity contribution >= 4 is 40.1 Å². The normalized spacial score (nSPS) is 9.53. The van der Waals surface area contributed by atoms with E-state index in [2.05, 4.69) is 37.9 Å². The van der Waals surface area contributed by atoms with Crippen LogP contribution in [0.25, 0.3) is 10.4 Å². The Morgan fingerprint density at radius 3 is 3.06 bits per heavy atom. The predicted octanol–water partition coefficient (Wildman–Crippen LogP) is 3.37. The van der Waals surface area contributed by atoms with E-state index < -0.39 is 0 Å². The molecule has 0 aliphatic heterocycles. The number of halogens is 2. The van der Waals surface area contributed by atoms with Crippen molar-refractivity contribution in [1.29, 1.82) is 0 Å². The van der Waals surface area contributed by atoms with Crippen LogP contribution in [0.1, 0.15) is 16.8 Å². The molecule has 17 heavy (non-hydrogen) atoms. The lowest BCUT2D eigenvalue weighted by Crippen LogP contribution is -2.25. The molecule has 1 amide bonds. The second-order valence-corrected chi connectivity index (χ2v) is 4.79. The fourth-order valence-electron chi connectivity index (χ4n) is 1.16. The van der Waals surface area contributed by atoms with E-state index in [1.54, 1.807) is 18.2 Å². The van der Waals surface area contributed by atoms with Gasteiger partial charge in [0.25, 0.3) is 5.91 Å². The first-order valence-corrected chi connectivity index (χ1v) is 6.35. The zero-order valence-corrected chi connectivity index (χ0v) is 11.8. The van der Waals surface area contributed by atoms with Crippen LogP contribution in [0, 0.1) is 3.57 Å². The van der Waals surface area contributed by atoms with Crippen molar-refractivity contribution in [2.75, 3.05) is 13.1 Å². The lowest BCUT2D eigenvalue weighted by atomic mass is 10.2. The maximum atomic E-state index is 11.8. The van der Waals surface area contributed by atoms with E-state index in [1.807, 2.05) is 0 Å². The molecule has 0 spiro atoms. The SMILES string of the molecule is [N-]=[N+]=NCCCNC(=O)c1cc(Cl)ccc1I. The van der Waals surface area contributed by atoms with Gasteiger partial charge < -0.3 is 5.32 Å². The number of nitrogens with zero attached hydrogens (tertiary/aromatic N) is 3. The molecule has 0 saturated heterocycles. The highest BCUT2D eigenvalue weighted by atomic mass is 127. The molecule has 0 aliphatic carbocycles. The van der Waals surface area contributed by atoms with E-state index in [0.29, 0.717) is 30.1 Å². The Morgan fingerprint density at radius 1 is 1.59 bits per heavy atom. The summed E-state index contributed by atoms with van der Waals surface area (Å²) in [6.45, 7) is 0.851. The quantitative estimate of drug-likeness (QED) is 0.281. The smallest absolute Gasteiger partial charge is 0.252 e. The third-order valence-corrected chi connectivity index (χ3v) is 3.13. The molecule has 1 N–H and O–H groups in total. The second kappa shape index (κ2) is 7.37. The number of rotatable bonds is 5. The lowest BCUT2D eigenvalue weighted by Gasteiger charge is -2.06. The molecule has 0 aliphatic rings. The summed E-state index contributed by atoms with van der Waals surface area (Å²) in [7, 11) is 0. The average Bonchev–Trinajstić information content (AvgIpc) is 2.32. The second-order valence-electron chi connectivity index (χ2n) is 3.19. The van der Waals surface area contributed by atoms with Crippen molar-refractivity contribution in [1.82, 2.24) is 5.32 Å². The number of azide groups is 1. The average molecular weight is 365 g/mol. The van der Waals surface area contributed by atoms with Crippen LogP contribution in [0.3, 0.4) is 0 Å². The van der Waals surface area contributed by atoms with Crippen molar-refractivity contribution in [2.24, 2.45) is 5.11 Å². The van der Waals surface area contributed by atoms with Crippen LogP contribution in [0.4, 0.5) is 0 Å². The van der Waals surface area contributed by atoms with Gasteiger partial charge in [0.05, 0.1) is 5.56 Å². The molecule has 0 radical (unpaired) electrons. The van der Waals surface area contributed by atoms with Crippen LogP contribution < -0.4 is 5.32 Å². The van der Waals surface area contributed by atoms with Gasteiger partial charge in [-0.3, -0.25) is 4.79 Å². The van der Waals surface area contributed by atoms with Crippen LogP contribution in [-0.4, -0.2) is 19.0 Å². The van der Waals surface area contributed by atoms with Crippen LogP contribution >= 0.6 is 34.2 Å². The van der Waals surface area contributed by atoms with E-state index in [4.69, 9.17) is 17.1 Å². The summed E-state index contributed by atoms with van der Waals surface area (Å²) in [5.74, 6) is -0.169. The molecule has 0 bridgehead atoms. The van der Waals surface area contributed by atoms with Crippen molar-refractivity contribution in [3.8, 4) is 0 Å².